The normalized spacial score (nSPS) is 18.2. The van der Waals surface area contributed by atoms with Crippen LogP contribution in [0.3, 0.4) is 0 Å². The maximum atomic E-state index is 13.3. The topological polar surface area (TPSA) is 52.4 Å². The standard InChI is InChI=1S/C27H25F3N2O3S/c1-33-32-24(18-4-5-18)16-34-20-9-6-17(7-10-20)19-8-11-21(25(15-19)35-27(28,29)30)22-12-13-23(31-22)26-3-2-14-36-26/h2-3,6-11,14-15,18,22H,4-5,12-13,16H2,1H3/b32-24+. The van der Waals surface area contributed by atoms with Crippen LogP contribution >= 0.6 is 11.3 Å². The predicted molar refractivity (Wildman–Crippen MR) is 134 cm³/mol. The molecular formula is C27H25F3N2O3S. The highest BCUT2D eigenvalue weighted by atomic mass is 32.1. The molecule has 5 nitrogen and oxygen atoms in total. The lowest BCUT2D eigenvalue weighted by Crippen LogP contribution is -2.18. The van der Waals surface area contributed by atoms with E-state index < -0.39 is 6.36 Å². The molecule has 1 unspecified atom stereocenters. The second kappa shape index (κ2) is 10.3. The highest BCUT2D eigenvalue weighted by Crippen LogP contribution is 2.41. The molecule has 1 fully saturated rings. The van der Waals surface area contributed by atoms with Crippen molar-refractivity contribution in [3.05, 3.63) is 70.4 Å². The number of hydrogen-bond acceptors (Lipinski definition) is 6. The van der Waals surface area contributed by atoms with E-state index in [4.69, 9.17) is 14.6 Å². The SMILES string of the molecule is CO/N=C(\COc1ccc(-c2ccc(C3CCC(c4cccs4)=N3)c(OC(F)(F)F)c2)cc1)C1CC1. The van der Waals surface area contributed by atoms with Crippen LogP contribution in [0.5, 0.6) is 11.5 Å². The van der Waals surface area contributed by atoms with Crippen molar-refractivity contribution in [1.29, 1.82) is 0 Å². The molecule has 0 bridgehead atoms. The Balaban J connectivity index is 1.35. The first kappa shape index (κ1) is 24.4. The van der Waals surface area contributed by atoms with Gasteiger partial charge < -0.3 is 14.3 Å². The van der Waals surface area contributed by atoms with Crippen LogP contribution in [0.2, 0.25) is 0 Å². The van der Waals surface area contributed by atoms with Crippen molar-refractivity contribution in [3.63, 3.8) is 0 Å². The Labute approximate surface area is 211 Å². The molecule has 1 aromatic heterocycles. The molecule has 9 heteroatoms. The molecule has 36 heavy (non-hydrogen) atoms. The van der Waals surface area contributed by atoms with E-state index in [9.17, 15) is 13.2 Å². The highest BCUT2D eigenvalue weighted by molar-refractivity contribution is 7.12. The van der Waals surface area contributed by atoms with Crippen LogP contribution in [0.4, 0.5) is 13.2 Å². The molecule has 0 amide bonds. The van der Waals surface area contributed by atoms with Gasteiger partial charge in [-0.3, -0.25) is 4.99 Å². The summed E-state index contributed by atoms with van der Waals surface area (Å²) in [4.78, 5) is 10.7. The van der Waals surface area contributed by atoms with Crippen LogP contribution in [-0.4, -0.2) is 31.5 Å². The summed E-state index contributed by atoms with van der Waals surface area (Å²) in [5.41, 5.74) is 3.61. The number of ether oxygens (including phenoxy) is 2. The van der Waals surface area contributed by atoms with E-state index in [-0.39, 0.29) is 11.8 Å². The minimum atomic E-state index is -4.80. The molecule has 188 valence electrons. The van der Waals surface area contributed by atoms with Gasteiger partial charge in [-0.1, -0.05) is 35.5 Å². The van der Waals surface area contributed by atoms with Crippen molar-refractivity contribution in [3.8, 4) is 22.6 Å². The number of thiophene rings is 1. The summed E-state index contributed by atoms with van der Waals surface area (Å²) in [7, 11) is 1.51. The summed E-state index contributed by atoms with van der Waals surface area (Å²) in [5.74, 6) is 0.847. The molecule has 0 spiro atoms. The average Bonchev–Trinajstić information content (AvgIpc) is 3.33. The summed E-state index contributed by atoms with van der Waals surface area (Å²) >= 11 is 1.58. The summed E-state index contributed by atoms with van der Waals surface area (Å²) in [6.45, 7) is 0.339. The van der Waals surface area contributed by atoms with Crippen LogP contribution < -0.4 is 9.47 Å². The van der Waals surface area contributed by atoms with Gasteiger partial charge in [-0.2, -0.15) is 0 Å². The smallest absolute Gasteiger partial charge is 0.488 e. The quantitative estimate of drug-likeness (QED) is 0.220. The Bertz CT molecular complexity index is 1250. The first-order valence-electron chi connectivity index (χ1n) is 11.7. The minimum absolute atomic E-state index is 0.216. The van der Waals surface area contributed by atoms with Gasteiger partial charge in [-0.05, 0) is 66.5 Å². The fourth-order valence-electron chi connectivity index (χ4n) is 4.30. The van der Waals surface area contributed by atoms with E-state index >= 15 is 0 Å². The number of aliphatic imine (C=N–C) groups is 1. The van der Waals surface area contributed by atoms with Crippen molar-refractivity contribution in [2.45, 2.75) is 38.1 Å². The average molecular weight is 515 g/mol. The Morgan fingerprint density at radius 1 is 1.06 bits per heavy atom. The third-order valence-electron chi connectivity index (χ3n) is 6.20. The molecular weight excluding hydrogens is 489 g/mol. The lowest BCUT2D eigenvalue weighted by Gasteiger charge is -2.17. The maximum Gasteiger partial charge on any atom is 0.573 e. The Kier molecular flexibility index (Phi) is 7.00. The Morgan fingerprint density at radius 2 is 1.83 bits per heavy atom. The zero-order valence-corrected chi connectivity index (χ0v) is 20.4. The third-order valence-corrected chi connectivity index (χ3v) is 7.12. The summed E-state index contributed by atoms with van der Waals surface area (Å²) in [6, 6.07) is 15.7. The molecule has 5 rings (SSSR count). The van der Waals surface area contributed by atoms with E-state index in [1.807, 2.05) is 35.7 Å². The summed E-state index contributed by atoms with van der Waals surface area (Å²) < 4.78 is 50.1. The minimum Gasteiger partial charge on any atom is -0.488 e. The van der Waals surface area contributed by atoms with Gasteiger partial charge >= 0.3 is 6.36 Å². The first-order valence-corrected chi connectivity index (χ1v) is 12.6. The van der Waals surface area contributed by atoms with Gasteiger partial charge in [-0.15, -0.1) is 24.5 Å². The van der Waals surface area contributed by atoms with Crippen LogP contribution in [0.15, 0.2) is 70.1 Å². The monoisotopic (exact) mass is 514 g/mol. The number of benzene rings is 2. The third kappa shape index (κ3) is 5.90. The maximum absolute atomic E-state index is 13.3. The van der Waals surface area contributed by atoms with Crippen molar-refractivity contribution in [2.75, 3.05) is 13.7 Å². The second-order valence-electron chi connectivity index (χ2n) is 8.76. The number of nitrogens with zero attached hydrogens (tertiary/aromatic N) is 2. The van der Waals surface area contributed by atoms with E-state index in [1.165, 1.54) is 13.2 Å². The van der Waals surface area contributed by atoms with Crippen LogP contribution in [0.1, 0.15) is 42.2 Å². The van der Waals surface area contributed by atoms with Crippen LogP contribution in [0, 0.1) is 5.92 Å². The van der Waals surface area contributed by atoms with Gasteiger partial charge in [0.15, 0.2) is 0 Å². The number of alkyl halides is 3. The molecule has 2 aromatic carbocycles. The zero-order chi connectivity index (χ0) is 25.1. The molecule has 0 N–H and O–H groups in total. The number of halogens is 3. The molecule has 0 radical (unpaired) electrons. The lowest BCUT2D eigenvalue weighted by molar-refractivity contribution is -0.274. The molecule has 1 saturated carbocycles. The number of oxime groups is 1. The largest absolute Gasteiger partial charge is 0.573 e. The number of hydrogen-bond donors (Lipinski definition) is 0. The van der Waals surface area contributed by atoms with E-state index in [1.54, 1.807) is 29.5 Å². The van der Waals surface area contributed by atoms with Crippen LogP contribution in [0.25, 0.3) is 11.1 Å². The fourth-order valence-corrected chi connectivity index (χ4v) is 5.05. The lowest BCUT2D eigenvalue weighted by atomic mass is 9.98. The second-order valence-corrected chi connectivity index (χ2v) is 9.71. The fraction of sp³-hybridized carbons (Fsp3) is 0.333. The van der Waals surface area contributed by atoms with E-state index in [0.717, 1.165) is 41.1 Å². The molecule has 2 heterocycles. The van der Waals surface area contributed by atoms with Gasteiger partial charge in [0.1, 0.15) is 25.2 Å². The first-order chi connectivity index (χ1) is 17.4. The molecule has 2 aliphatic rings. The van der Waals surface area contributed by atoms with Crippen LogP contribution in [-0.2, 0) is 4.84 Å². The van der Waals surface area contributed by atoms with Crippen molar-refractivity contribution < 1.29 is 27.5 Å². The van der Waals surface area contributed by atoms with E-state index in [2.05, 4.69) is 9.89 Å². The van der Waals surface area contributed by atoms with Crippen molar-refractivity contribution >= 4 is 22.8 Å². The molecule has 1 aliphatic heterocycles. The van der Waals surface area contributed by atoms with Gasteiger partial charge in [0.25, 0.3) is 0 Å². The Hall–Kier alpha value is -3.33. The predicted octanol–water partition coefficient (Wildman–Crippen LogP) is 7.43. The van der Waals surface area contributed by atoms with Gasteiger partial charge in [0.05, 0.1) is 17.5 Å². The molecule has 0 saturated heterocycles. The Morgan fingerprint density at radius 3 is 2.50 bits per heavy atom. The molecule has 1 atom stereocenters. The number of rotatable bonds is 9. The highest BCUT2D eigenvalue weighted by Gasteiger charge is 2.34. The molecule has 1 aliphatic carbocycles. The van der Waals surface area contributed by atoms with Gasteiger partial charge in [-0.25, -0.2) is 0 Å². The molecule has 3 aromatic rings. The summed E-state index contributed by atoms with van der Waals surface area (Å²) in [6.07, 6.45) is -1.26. The zero-order valence-electron chi connectivity index (χ0n) is 19.6. The van der Waals surface area contributed by atoms with Crippen molar-refractivity contribution in [1.82, 2.24) is 0 Å². The van der Waals surface area contributed by atoms with Gasteiger partial charge in [0, 0.05) is 16.4 Å². The van der Waals surface area contributed by atoms with Gasteiger partial charge in [0.2, 0.25) is 0 Å². The van der Waals surface area contributed by atoms with E-state index in [0.29, 0.717) is 35.8 Å². The summed E-state index contributed by atoms with van der Waals surface area (Å²) in [5, 5.41) is 6.01. The van der Waals surface area contributed by atoms with Crippen molar-refractivity contribution in [2.24, 2.45) is 16.1 Å².